The molecular weight excluding hydrogens is 246 g/mol. The molecule has 0 atom stereocenters. The maximum atomic E-state index is 5.62. The van der Waals surface area contributed by atoms with Crippen molar-refractivity contribution in [1.29, 1.82) is 0 Å². The molecule has 0 amide bonds. The van der Waals surface area contributed by atoms with E-state index < -0.39 is 0 Å². The summed E-state index contributed by atoms with van der Waals surface area (Å²) in [5.74, 6) is 0. The Morgan fingerprint density at radius 3 is 2.36 bits per heavy atom. The van der Waals surface area contributed by atoms with Gasteiger partial charge in [0.05, 0.1) is 0 Å². The Labute approximate surface area is 83.0 Å². The fourth-order valence-corrected chi connectivity index (χ4v) is 2.46. The third-order valence-electron chi connectivity index (χ3n) is 1.22. The summed E-state index contributed by atoms with van der Waals surface area (Å²) in [5.41, 5.74) is 1.32. The zero-order chi connectivity index (χ0) is 8.10. The Morgan fingerprint density at radius 2 is 1.82 bits per heavy atom. The molecule has 0 aliphatic heterocycles. The van der Waals surface area contributed by atoms with Gasteiger partial charge in [0.1, 0.15) is 0 Å². The van der Waals surface area contributed by atoms with Gasteiger partial charge in [-0.3, -0.25) is 0 Å². The second kappa shape index (κ2) is 5.05. The van der Waals surface area contributed by atoms with Gasteiger partial charge in [-0.1, -0.05) is 0 Å². The maximum absolute atomic E-state index is 5.62. The number of hydrogen-bond donors (Lipinski definition) is 0. The minimum atomic E-state index is -0.178. The van der Waals surface area contributed by atoms with Crippen molar-refractivity contribution in [2.24, 2.45) is 0 Å². The molecule has 0 bridgehead atoms. The predicted molar refractivity (Wildman–Crippen MR) is 51.4 cm³/mol. The second-order valence-electron chi connectivity index (χ2n) is 2.06. The van der Waals surface area contributed by atoms with Gasteiger partial charge in [0.2, 0.25) is 0 Å². The Bertz CT molecular complexity index is 199. The zero-order valence-electron chi connectivity index (χ0n) is 5.84. The first kappa shape index (κ1) is 9.41. The van der Waals surface area contributed by atoms with Gasteiger partial charge in [0, 0.05) is 0 Å². The van der Waals surface area contributed by atoms with Crippen molar-refractivity contribution in [2.45, 2.75) is 9.05 Å². The average molecular weight is 254 g/mol. The van der Waals surface area contributed by atoms with Gasteiger partial charge in [0.25, 0.3) is 0 Å². The molecule has 1 aromatic rings. The Morgan fingerprint density at radius 1 is 1.18 bits per heavy atom. The third-order valence-corrected chi connectivity index (χ3v) is 4.11. The summed E-state index contributed by atoms with van der Waals surface area (Å²) in [6, 6.07) is 10.3. The first-order chi connectivity index (χ1) is 5.29. The summed E-state index contributed by atoms with van der Waals surface area (Å²) in [4.78, 5) is 0. The molecule has 0 saturated carbocycles. The number of halogens is 2. The van der Waals surface area contributed by atoms with E-state index in [1.165, 1.54) is 5.56 Å². The van der Waals surface area contributed by atoms with Crippen molar-refractivity contribution in [2.75, 3.05) is 0 Å². The fraction of sp³-hybridized carbons (Fsp3) is 0.250. The van der Waals surface area contributed by atoms with Crippen LogP contribution in [0.1, 0.15) is 5.56 Å². The summed E-state index contributed by atoms with van der Waals surface area (Å²) in [5, 5.41) is 1.02. The van der Waals surface area contributed by atoms with E-state index in [-0.39, 0.29) is 3.73 Å². The van der Waals surface area contributed by atoms with Gasteiger partial charge in [0.15, 0.2) is 0 Å². The SMILES string of the molecule is ClC(Cl)[Se]Cc1ccccc1. The van der Waals surface area contributed by atoms with Crippen molar-refractivity contribution in [3.8, 4) is 0 Å². The first-order valence-electron chi connectivity index (χ1n) is 3.23. The van der Waals surface area contributed by atoms with Crippen LogP contribution >= 0.6 is 23.2 Å². The molecule has 0 saturated heterocycles. The van der Waals surface area contributed by atoms with Crippen LogP contribution in [0, 0.1) is 0 Å². The monoisotopic (exact) mass is 254 g/mol. The number of rotatable bonds is 3. The summed E-state index contributed by atoms with van der Waals surface area (Å²) in [6.45, 7) is 0. The van der Waals surface area contributed by atoms with Crippen LogP contribution in [0.2, 0.25) is 0 Å². The van der Waals surface area contributed by atoms with E-state index in [2.05, 4.69) is 12.1 Å². The van der Waals surface area contributed by atoms with Gasteiger partial charge in [-0.15, -0.1) is 0 Å². The molecule has 0 radical (unpaired) electrons. The quantitative estimate of drug-likeness (QED) is 0.574. The Kier molecular flexibility index (Phi) is 4.32. The van der Waals surface area contributed by atoms with Crippen molar-refractivity contribution >= 4 is 38.2 Å². The van der Waals surface area contributed by atoms with Crippen LogP contribution in [-0.4, -0.2) is 18.7 Å². The number of benzene rings is 1. The summed E-state index contributed by atoms with van der Waals surface area (Å²) in [7, 11) is 0. The van der Waals surface area contributed by atoms with E-state index >= 15 is 0 Å². The summed E-state index contributed by atoms with van der Waals surface area (Å²) < 4.78 is -0.178. The van der Waals surface area contributed by atoms with Crippen LogP contribution in [0.25, 0.3) is 0 Å². The Balaban J connectivity index is 2.39. The molecule has 1 rings (SSSR count). The van der Waals surface area contributed by atoms with Gasteiger partial charge in [-0.25, -0.2) is 0 Å². The number of alkyl halides is 2. The van der Waals surface area contributed by atoms with Gasteiger partial charge >= 0.3 is 83.1 Å². The van der Waals surface area contributed by atoms with Crippen molar-refractivity contribution in [3.63, 3.8) is 0 Å². The van der Waals surface area contributed by atoms with Crippen molar-refractivity contribution in [1.82, 2.24) is 0 Å². The third kappa shape index (κ3) is 4.03. The van der Waals surface area contributed by atoms with Gasteiger partial charge in [-0.2, -0.15) is 0 Å². The molecule has 0 fully saturated rings. The van der Waals surface area contributed by atoms with Crippen LogP contribution in [0.4, 0.5) is 0 Å². The van der Waals surface area contributed by atoms with E-state index in [0.717, 1.165) is 5.32 Å². The molecule has 11 heavy (non-hydrogen) atoms. The van der Waals surface area contributed by atoms with E-state index in [1.807, 2.05) is 18.2 Å². The molecule has 0 aliphatic rings. The second-order valence-corrected chi connectivity index (χ2v) is 6.62. The van der Waals surface area contributed by atoms with E-state index in [1.54, 1.807) is 0 Å². The standard InChI is InChI=1S/C8H8Cl2Se/c9-8(10)11-6-7-4-2-1-3-5-7/h1-5,8H,6H2. The molecule has 1 aromatic carbocycles. The van der Waals surface area contributed by atoms with E-state index in [4.69, 9.17) is 23.2 Å². The molecule has 3 heteroatoms. The Hall–Kier alpha value is 0.319. The molecule has 0 N–H and O–H groups in total. The van der Waals surface area contributed by atoms with Crippen LogP contribution in [-0.2, 0) is 5.32 Å². The van der Waals surface area contributed by atoms with Crippen molar-refractivity contribution < 1.29 is 0 Å². The van der Waals surface area contributed by atoms with E-state index in [9.17, 15) is 0 Å². The minimum absolute atomic E-state index is 0.178. The van der Waals surface area contributed by atoms with Gasteiger partial charge < -0.3 is 0 Å². The molecule has 0 nitrogen and oxygen atoms in total. The normalized spacial score (nSPS) is 10.5. The fourth-order valence-electron chi connectivity index (χ4n) is 0.733. The van der Waals surface area contributed by atoms with Crippen LogP contribution in [0.15, 0.2) is 30.3 Å². The topological polar surface area (TPSA) is 0 Å². The number of hydrogen-bond acceptors (Lipinski definition) is 0. The molecule has 0 spiro atoms. The molecular formula is C8H8Cl2Se. The van der Waals surface area contributed by atoms with E-state index in [0.29, 0.717) is 15.0 Å². The summed E-state index contributed by atoms with van der Waals surface area (Å²) in [6.07, 6.45) is 0. The van der Waals surface area contributed by atoms with Crippen LogP contribution in [0.3, 0.4) is 0 Å². The van der Waals surface area contributed by atoms with Crippen LogP contribution < -0.4 is 0 Å². The molecule has 0 aliphatic carbocycles. The average Bonchev–Trinajstić information content (AvgIpc) is 2.03. The zero-order valence-corrected chi connectivity index (χ0v) is 9.06. The predicted octanol–water partition coefficient (Wildman–Crippen LogP) is 2.65. The van der Waals surface area contributed by atoms with Gasteiger partial charge in [-0.05, 0) is 0 Å². The molecule has 0 heterocycles. The molecule has 60 valence electrons. The summed E-state index contributed by atoms with van der Waals surface area (Å²) >= 11 is 11.6. The van der Waals surface area contributed by atoms with Crippen molar-refractivity contribution in [3.05, 3.63) is 35.9 Å². The van der Waals surface area contributed by atoms with Crippen LogP contribution in [0.5, 0.6) is 0 Å². The molecule has 0 aromatic heterocycles. The molecule has 0 unspecified atom stereocenters. The first-order valence-corrected chi connectivity index (χ1v) is 6.30.